The van der Waals surface area contributed by atoms with Crippen LogP contribution in [0.15, 0.2) is 41.4 Å². The lowest BCUT2D eigenvalue weighted by Crippen LogP contribution is -2.47. The number of guanidine groups is 1. The van der Waals surface area contributed by atoms with Crippen LogP contribution in [0.5, 0.6) is 0 Å². The molecule has 0 fully saturated rings. The van der Waals surface area contributed by atoms with Crippen molar-refractivity contribution >= 4 is 23.4 Å². The van der Waals surface area contributed by atoms with Gasteiger partial charge in [-0.15, -0.1) is 0 Å². The van der Waals surface area contributed by atoms with Gasteiger partial charge in [-0.1, -0.05) is 13.0 Å². The third-order valence-corrected chi connectivity index (χ3v) is 5.28. The number of alkyl halides is 3. The Morgan fingerprint density at radius 1 is 1.05 bits per heavy atom. The van der Waals surface area contributed by atoms with Gasteiger partial charge in [0.1, 0.15) is 0 Å². The molecule has 208 valence electrons. The smallest absolute Gasteiger partial charge is 0.384 e. The fraction of sp³-hybridized carbons (Fsp3) is 0.423. The molecule has 1 amide bonds. The molecule has 0 saturated heterocycles. The normalized spacial score (nSPS) is 12.7. The highest BCUT2D eigenvalue weighted by molar-refractivity contribution is 6.14. The number of rotatable bonds is 10. The first-order valence-corrected chi connectivity index (χ1v) is 12.2. The van der Waals surface area contributed by atoms with E-state index in [1.165, 1.54) is 12.1 Å². The molecule has 0 spiro atoms. The fourth-order valence-electron chi connectivity index (χ4n) is 3.57. The van der Waals surface area contributed by atoms with Gasteiger partial charge in [0, 0.05) is 18.7 Å². The van der Waals surface area contributed by atoms with Crippen LogP contribution in [-0.2, 0) is 10.9 Å². The summed E-state index contributed by atoms with van der Waals surface area (Å²) in [6, 6.07) is 6.48. The minimum Gasteiger partial charge on any atom is -0.384 e. The first-order chi connectivity index (χ1) is 18.0. The lowest BCUT2D eigenvalue weighted by molar-refractivity contribution is -0.498. The number of benzene rings is 2. The van der Waals surface area contributed by atoms with E-state index >= 15 is 0 Å². The predicted octanol–water partition coefficient (Wildman–Crippen LogP) is 4.63. The molecule has 3 N–H and O–H groups in total. The van der Waals surface area contributed by atoms with Crippen LogP contribution in [-0.4, -0.2) is 62.2 Å². The maximum Gasteiger partial charge on any atom is 0.418 e. The second-order valence-corrected chi connectivity index (χ2v) is 8.16. The van der Waals surface area contributed by atoms with E-state index in [4.69, 9.17) is 4.74 Å². The van der Waals surface area contributed by atoms with E-state index in [0.717, 1.165) is 24.3 Å². The van der Waals surface area contributed by atoms with Crippen LogP contribution in [0.1, 0.15) is 48.7 Å². The molecule has 38 heavy (non-hydrogen) atoms. The Morgan fingerprint density at radius 3 is 2.39 bits per heavy atom. The predicted molar refractivity (Wildman–Crippen MR) is 137 cm³/mol. The number of amidine groups is 1. The summed E-state index contributed by atoms with van der Waals surface area (Å²) in [5, 5.41) is 8.29. The summed E-state index contributed by atoms with van der Waals surface area (Å²) in [6.45, 7) is 6.86. The molecule has 0 aliphatic rings. The highest BCUT2D eigenvalue weighted by Crippen LogP contribution is 2.36. The van der Waals surface area contributed by atoms with Gasteiger partial charge < -0.3 is 10.1 Å². The van der Waals surface area contributed by atoms with Gasteiger partial charge in [-0.25, -0.2) is 19.1 Å². The van der Waals surface area contributed by atoms with Crippen molar-refractivity contribution in [3.63, 3.8) is 0 Å². The number of carbonyl (C=O) groups excluding carboxylic acids is 1. The van der Waals surface area contributed by atoms with Crippen LogP contribution in [0, 0.1) is 11.6 Å². The lowest BCUT2D eigenvalue weighted by Gasteiger charge is -2.19. The highest BCUT2D eigenvalue weighted by Gasteiger charge is 2.36. The Morgan fingerprint density at radius 2 is 1.79 bits per heavy atom. The first-order valence-electron chi connectivity index (χ1n) is 12.2. The van der Waals surface area contributed by atoms with E-state index in [1.54, 1.807) is 25.5 Å². The van der Waals surface area contributed by atoms with Gasteiger partial charge in [0.2, 0.25) is 0 Å². The molecule has 7 nitrogen and oxygen atoms in total. The second kappa shape index (κ2) is 14.4. The topological polar surface area (TPSA) is 77.8 Å². The zero-order chi connectivity index (χ0) is 28.3. The maximum atomic E-state index is 13.9. The molecule has 2 rings (SSSR count). The minimum absolute atomic E-state index is 0.0998. The standard InChI is InChI=1S/C26H32F5N5O2/c1-5-14-36(4)23(18-9-8-10-19(26(29,30)31)22(18)32-6-2)34-25(33-13-15-38-7-3)35-24(37)17-11-12-20(27)21(28)16-17/h8-12,16H,5-7,13-15H2,1-4H3,(H2,32,33,34,35,37)/p+1. The third kappa shape index (κ3) is 8.51. The average Bonchev–Trinajstić information content (AvgIpc) is 2.86. The minimum atomic E-state index is -4.61. The third-order valence-electron chi connectivity index (χ3n) is 5.28. The van der Waals surface area contributed by atoms with Gasteiger partial charge in [-0.2, -0.15) is 13.2 Å². The Balaban J connectivity index is 2.57. The largest absolute Gasteiger partial charge is 0.418 e. The molecule has 0 aliphatic heterocycles. The molecule has 0 atom stereocenters. The van der Waals surface area contributed by atoms with Crippen LogP contribution in [0.2, 0.25) is 0 Å². The Hall–Kier alpha value is -3.54. The van der Waals surface area contributed by atoms with Crippen molar-refractivity contribution in [1.82, 2.24) is 10.6 Å². The van der Waals surface area contributed by atoms with Gasteiger partial charge >= 0.3 is 6.18 Å². The molecular weight excluding hydrogens is 509 g/mol. The van der Waals surface area contributed by atoms with Crippen LogP contribution in [0.3, 0.4) is 0 Å². The summed E-state index contributed by atoms with van der Waals surface area (Å²) < 4.78 is 75.6. The quantitative estimate of drug-likeness (QED) is 0.135. The number of amides is 1. The summed E-state index contributed by atoms with van der Waals surface area (Å²) in [4.78, 5) is 17.2. The van der Waals surface area contributed by atoms with Crippen LogP contribution >= 0.6 is 0 Å². The molecule has 2 aromatic rings. The number of hydrogen-bond donors (Lipinski definition) is 3. The monoisotopic (exact) mass is 542 g/mol. The van der Waals surface area contributed by atoms with Crippen molar-refractivity contribution in [2.75, 3.05) is 45.2 Å². The summed E-state index contributed by atoms with van der Waals surface area (Å²) in [5.41, 5.74) is -0.938. The zero-order valence-corrected chi connectivity index (χ0v) is 21.8. The summed E-state index contributed by atoms with van der Waals surface area (Å²) in [5.74, 6) is -2.95. The molecular formula is C26H33F5N5O2+. The number of hydrogen-bond acceptors (Lipinski definition) is 4. The summed E-state index contributed by atoms with van der Waals surface area (Å²) in [6.07, 6.45) is -3.94. The Kier molecular flexibility index (Phi) is 11.6. The van der Waals surface area contributed by atoms with Gasteiger partial charge in [0.15, 0.2) is 11.6 Å². The van der Waals surface area contributed by atoms with Gasteiger partial charge in [-0.05, 0) is 50.6 Å². The van der Waals surface area contributed by atoms with Crippen LogP contribution in [0.25, 0.3) is 0 Å². The summed E-state index contributed by atoms with van der Waals surface area (Å²) >= 11 is 0. The fourth-order valence-corrected chi connectivity index (χ4v) is 3.57. The first kappa shape index (κ1) is 30.7. The van der Waals surface area contributed by atoms with Crippen molar-refractivity contribution in [1.29, 1.82) is 0 Å². The van der Waals surface area contributed by atoms with Gasteiger partial charge in [0.05, 0.1) is 43.6 Å². The Bertz CT molecular complexity index is 1170. The number of aliphatic imine (C=N–C) groups is 1. The van der Waals surface area contributed by atoms with E-state index in [9.17, 15) is 26.7 Å². The molecule has 0 unspecified atom stereocenters. The molecule has 0 heterocycles. The van der Waals surface area contributed by atoms with Crippen LogP contribution in [0.4, 0.5) is 27.6 Å². The van der Waals surface area contributed by atoms with Gasteiger partial charge in [0.25, 0.3) is 17.7 Å². The van der Waals surface area contributed by atoms with E-state index < -0.39 is 29.3 Å². The molecule has 0 radical (unpaired) electrons. The average molecular weight is 543 g/mol. The Labute approximate surface area is 218 Å². The lowest BCUT2D eigenvalue weighted by atomic mass is 10.0. The number of nitrogens with zero attached hydrogens (tertiary/aromatic N) is 2. The number of nitrogens with one attached hydrogen (secondary N) is 3. The molecule has 2 aromatic carbocycles. The molecule has 0 bridgehead atoms. The van der Waals surface area contributed by atoms with E-state index in [-0.39, 0.29) is 48.3 Å². The van der Waals surface area contributed by atoms with Gasteiger partial charge in [-0.3, -0.25) is 14.7 Å². The zero-order valence-electron chi connectivity index (χ0n) is 21.8. The van der Waals surface area contributed by atoms with Crippen molar-refractivity contribution in [2.45, 2.75) is 33.4 Å². The summed E-state index contributed by atoms with van der Waals surface area (Å²) in [7, 11) is 1.69. The molecule has 0 aromatic heterocycles. The van der Waals surface area contributed by atoms with Crippen molar-refractivity contribution < 1.29 is 36.1 Å². The van der Waals surface area contributed by atoms with Crippen molar-refractivity contribution in [2.24, 2.45) is 4.99 Å². The number of anilines is 1. The molecule has 0 aliphatic carbocycles. The SMILES string of the molecule is CCC[N+](C)=C(NC(=NCCOCC)NC(=O)c1ccc(F)c(F)c1)c1cccc(C(F)(F)F)c1NCC. The maximum absolute atomic E-state index is 13.9. The van der Waals surface area contributed by atoms with E-state index in [0.29, 0.717) is 19.6 Å². The van der Waals surface area contributed by atoms with Crippen molar-refractivity contribution in [3.05, 3.63) is 64.7 Å². The van der Waals surface area contributed by atoms with Crippen LogP contribution < -0.4 is 16.0 Å². The van der Waals surface area contributed by atoms with E-state index in [2.05, 4.69) is 20.9 Å². The number of para-hydroxylation sites is 1. The highest BCUT2D eigenvalue weighted by atomic mass is 19.4. The second-order valence-electron chi connectivity index (χ2n) is 8.16. The number of carbonyl (C=O) groups is 1. The molecule has 12 heteroatoms. The van der Waals surface area contributed by atoms with Crippen molar-refractivity contribution in [3.8, 4) is 0 Å². The number of ether oxygens (including phenoxy) is 1. The van der Waals surface area contributed by atoms with E-state index in [1.807, 2.05) is 6.92 Å². The molecule has 0 saturated carbocycles. The number of halogens is 5.